The number of hydrogen-bond acceptors (Lipinski definition) is 4. The van der Waals surface area contributed by atoms with Gasteiger partial charge in [-0.25, -0.2) is 0 Å². The number of rotatable bonds is 4. The molecule has 1 heterocycles. The standard InChI is InChI=1S/C10H19N5O/c1-6(2)15(5-8(11)16)10-9(12)7(3)13-14(10)4/h6H,5,12H2,1-4H3,(H2,11,16). The molecule has 0 fully saturated rings. The van der Waals surface area contributed by atoms with Crippen LogP contribution in [0.4, 0.5) is 11.5 Å². The van der Waals surface area contributed by atoms with Crippen LogP contribution in [0.15, 0.2) is 0 Å². The number of primary amides is 1. The van der Waals surface area contributed by atoms with Gasteiger partial charge in [0.05, 0.1) is 17.9 Å². The number of hydrogen-bond donors (Lipinski definition) is 2. The van der Waals surface area contributed by atoms with Gasteiger partial charge in [0, 0.05) is 13.1 Å². The zero-order chi connectivity index (χ0) is 12.5. The van der Waals surface area contributed by atoms with Gasteiger partial charge < -0.3 is 16.4 Å². The smallest absolute Gasteiger partial charge is 0.237 e. The van der Waals surface area contributed by atoms with Crippen LogP contribution in [0.2, 0.25) is 0 Å². The Bertz CT molecular complexity index is 396. The number of nitrogens with zero attached hydrogens (tertiary/aromatic N) is 3. The fourth-order valence-corrected chi connectivity index (χ4v) is 1.67. The molecule has 0 radical (unpaired) electrons. The number of aromatic nitrogens is 2. The summed E-state index contributed by atoms with van der Waals surface area (Å²) < 4.78 is 1.67. The lowest BCUT2D eigenvalue weighted by molar-refractivity contribution is -0.116. The predicted octanol–water partition coefficient (Wildman–Crippen LogP) is 0.0108. The highest BCUT2D eigenvalue weighted by Gasteiger charge is 2.21. The number of aryl methyl sites for hydroxylation is 2. The van der Waals surface area contributed by atoms with E-state index in [2.05, 4.69) is 5.10 Å². The van der Waals surface area contributed by atoms with Crippen molar-refractivity contribution in [1.29, 1.82) is 0 Å². The molecular weight excluding hydrogens is 206 g/mol. The van der Waals surface area contributed by atoms with Crippen LogP contribution in [0.25, 0.3) is 0 Å². The molecule has 0 spiro atoms. The van der Waals surface area contributed by atoms with Crippen molar-refractivity contribution in [2.24, 2.45) is 12.8 Å². The number of carbonyl (C=O) groups is 1. The second-order valence-corrected chi connectivity index (χ2v) is 4.13. The minimum absolute atomic E-state index is 0.129. The third-order valence-corrected chi connectivity index (χ3v) is 2.46. The molecule has 16 heavy (non-hydrogen) atoms. The fourth-order valence-electron chi connectivity index (χ4n) is 1.67. The molecule has 1 aromatic rings. The molecule has 1 rings (SSSR count). The molecule has 0 bridgehead atoms. The average Bonchev–Trinajstić information content (AvgIpc) is 2.38. The van der Waals surface area contributed by atoms with Gasteiger partial charge in [-0.1, -0.05) is 0 Å². The Morgan fingerprint density at radius 3 is 2.44 bits per heavy atom. The molecule has 0 aliphatic carbocycles. The van der Waals surface area contributed by atoms with E-state index in [0.29, 0.717) is 5.69 Å². The molecule has 0 unspecified atom stereocenters. The van der Waals surface area contributed by atoms with E-state index >= 15 is 0 Å². The summed E-state index contributed by atoms with van der Waals surface area (Å²) in [6.45, 7) is 5.93. The SMILES string of the molecule is Cc1nn(C)c(N(CC(N)=O)C(C)C)c1N. The maximum absolute atomic E-state index is 11.0. The van der Waals surface area contributed by atoms with Gasteiger partial charge >= 0.3 is 0 Å². The molecule has 6 heteroatoms. The quantitative estimate of drug-likeness (QED) is 0.755. The molecule has 0 aliphatic heterocycles. The highest BCUT2D eigenvalue weighted by Crippen LogP contribution is 2.26. The second-order valence-electron chi connectivity index (χ2n) is 4.13. The van der Waals surface area contributed by atoms with Crippen LogP contribution in [0.5, 0.6) is 0 Å². The lowest BCUT2D eigenvalue weighted by Crippen LogP contribution is -2.40. The van der Waals surface area contributed by atoms with E-state index in [-0.39, 0.29) is 18.5 Å². The van der Waals surface area contributed by atoms with Gasteiger partial charge in [0.25, 0.3) is 0 Å². The molecule has 0 saturated carbocycles. The van der Waals surface area contributed by atoms with Crippen molar-refractivity contribution in [2.45, 2.75) is 26.8 Å². The topological polar surface area (TPSA) is 90.2 Å². The van der Waals surface area contributed by atoms with E-state index in [1.807, 2.05) is 25.7 Å². The number of nitrogen functional groups attached to an aromatic ring is 1. The molecule has 6 nitrogen and oxygen atoms in total. The van der Waals surface area contributed by atoms with Crippen molar-refractivity contribution < 1.29 is 4.79 Å². The van der Waals surface area contributed by atoms with Crippen molar-refractivity contribution in [3.8, 4) is 0 Å². The van der Waals surface area contributed by atoms with Gasteiger partial charge in [-0.3, -0.25) is 9.48 Å². The number of nitrogens with two attached hydrogens (primary N) is 2. The third-order valence-electron chi connectivity index (χ3n) is 2.46. The van der Waals surface area contributed by atoms with Gasteiger partial charge in [-0.2, -0.15) is 5.10 Å². The summed E-state index contributed by atoms with van der Waals surface area (Å²) >= 11 is 0. The average molecular weight is 225 g/mol. The molecular formula is C10H19N5O. The van der Waals surface area contributed by atoms with Crippen LogP contribution < -0.4 is 16.4 Å². The van der Waals surface area contributed by atoms with Gasteiger partial charge in [0.1, 0.15) is 0 Å². The van der Waals surface area contributed by atoms with E-state index in [0.717, 1.165) is 11.5 Å². The molecule has 90 valence electrons. The van der Waals surface area contributed by atoms with Crippen LogP contribution in [0.3, 0.4) is 0 Å². The monoisotopic (exact) mass is 225 g/mol. The number of carbonyl (C=O) groups excluding carboxylic acids is 1. The maximum Gasteiger partial charge on any atom is 0.237 e. The third kappa shape index (κ3) is 2.26. The first-order valence-electron chi connectivity index (χ1n) is 5.18. The molecule has 4 N–H and O–H groups in total. The Balaban J connectivity index is 3.15. The summed E-state index contributed by atoms with van der Waals surface area (Å²) in [5.74, 6) is 0.359. The van der Waals surface area contributed by atoms with Gasteiger partial charge in [-0.05, 0) is 20.8 Å². The number of anilines is 2. The van der Waals surface area contributed by atoms with Crippen LogP contribution in [0, 0.1) is 6.92 Å². The Morgan fingerprint density at radius 1 is 1.56 bits per heavy atom. The van der Waals surface area contributed by atoms with Gasteiger partial charge in [0.2, 0.25) is 5.91 Å². The van der Waals surface area contributed by atoms with E-state index < -0.39 is 0 Å². The summed E-state index contributed by atoms with van der Waals surface area (Å²) in [6, 6.07) is 0.129. The minimum Gasteiger partial charge on any atom is -0.394 e. The molecule has 0 aromatic carbocycles. The zero-order valence-corrected chi connectivity index (χ0v) is 10.2. The van der Waals surface area contributed by atoms with E-state index in [9.17, 15) is 4.79 Å². The normalized spacial score (nSPS) is 10.8. The summed E-state index contributed by atoms with van der Waals surface area (Å²) in [5.41, 5.74) is 12.5. The van der Waals surface area contributed by atoms with Crippen molar-refractivity contribution in [3.63, 3.8) is 0 Å². The zero-order valence-electron chi connectivity index (χ0n) is 10.2. The maximum atomic E-state index is 11.0. The molecule has 1 amide bonds. The molecule has 0 saturated heterocycles. The predicted molar refractivity (Wildman–Crippen MR) is 64.0 cm³/mol. The van der Waals surface area contributed by atoms with E-state index in [4.69, 9.17) is 11.5 Å². The Labute approximate surface area is 95.2 Å². The summed E-state index contributed by atoms with van der Waals surface area (Å²) in [5, 5.41) is 4.22. The highest BCUT2D eigenvalue weighted by molar-refractivity contribution is 5.81. The van der Waals surface area contributed by atoms with E-state index in [1.165, 1.54) is 0 Å². The van der Waals surface area contributed by atoms with Gasteiger partial charge in [-0.15, -0.1) is 0 Å². The molecule has 0 aliphatic rings. The summed E-state index contributed by atoms with van der Waals surface area (Å²) in [7, 11) is 1.80. The molecule has 0 atom stereocenters. The number of amides is 1. The van der Waals surface area contributed by atoms with Crippen molar-refractivity contribution in [1.82, 2.24) is 9.78 Å². The first-order valence-corrected chi connectivity index (χ1v) is 5.18. The van der Waals surface area contributed by atoms with Crippen molar-refractivity contribution in [3.05, 3.63) is 5.69 Å². The first-order chi connectivity index (χ1) is 7.34. The Morgan fingerprint density at radius 2 is 2.12 bits per heavy atom. The highest BCUT2D eigenvalue weighted by atomic mass is 16.1. The fraction of sp³-hybridized carbons (Fsp3) is 0.600. The van der Waals surface area contributed by atoms with Crippen LogP contribution in [-0.4, -0.2) is 28.3 Å². The van der Waals surface area contributed by atoms with Crippen LogP contribution in [-0.2, 0) is 11.8 Å². The Hall–Kier alpha value is -1.72. The largest absolute Gasteiger partial charge is 0.394 e. The lowest BCUT2D eigenvalue weighted by Gasteiger charge is -2.27. The van der Waals surface area contributed by atoms with Crippen LogP contribution in [0.1, 0.15) is 19.5 Å². The van der Waals surface area contributed by atoms with Crippen molar-refractivity contribution >= 4 is 17.4 Å². The van der Waals surface area contributed by atoms with E-state index in [1.54, 1.807) is 11.7 Å². The molecule has 1 aromatic heterocycles. The van der Waals surface area contributed by atoms with Crippen LogP contribution >= 0.6 is 0 Å². The first kappa shape index (κ1) is 12.4. The van der Waals surface area contributed by atoms with Gasteiger partial charge in [0.15, 0.2) is 5.82 Å². The summed E-state index contributed by atoms with van der Waals surface area (Å²) in [4.78, 5) is 12.9. The minimum atomic E-state index is -0.382. The summed E-state index contributed by atoms with van der Waals surface area (Å²) in [6.07, 6.45) is 0. The lowest BCUT2D eigenvalue weighted by atomic mass is 10.2. The van der Waals surface area contributed by atoms with Crippen molar-refractivity contribution in [2.75, 3.05) is 17.2 Å². The Kier molecular flexibility index (Phi) is 3.41. The second kappa shape index (κ2) is 4.42.